The van der Waals surface area contributed by atoms with Crippen molar-refractivity contribution in [1.82, 2.24) is 10.6 Å². The fraction of sp³-hybridized carbons (Fsp3) is 0.611. The van der Waals surface area contributed by atoms with E-state index in [9.17, 15) is 8.78 Å². The van der Waals surface area contributed by atoms with E-state index in [-0.39, 0.29) is 0 Å². The molecule has 1 atom stereocenters. The van der Waals surface area contributed by atoms with Crippen LogP contribution in [-0.4, -0.2) is 30.8 Å². The van der Waals surface area contributed by atoms with Crippen LogP contribution in [0.4, 0.5) is 14.5 Å². The molecule has 2 N–H and O–H groups in total. The topological polar surface area (TPSA) is 27.3 Å². The maximum atomic E-state index is 13.4. The van der Waals surface area contributed by atoms with E-state index >= 15 is 0 Å². The molecule has 6 heteroatoms. The second-order valence-corrected chi connectivity index (χ2v) is 7.30. The van der Waals surface area contributed by atoms with E-state index in [0.29, 0.717) is 12.0 Å². The highest BCUT2D eigenvalue weighted by atomic mass is 32.1. The number of rotatable bonds is 4. The van der Waals surface area contributed by atoms with Crippen LogP contribution < -0.4 is 15.5 Å². The van der Waals surface area contributed by atoms with E-state index in [0.717, 1.165) is 36.9 Å². The van der Waals surface area contributed by atoms with E-state index < -0.39 is 11.6 Å². The molecular formula is C18H25F2N3S. The van der Waals surface area contributed by atoms with Gasteiger partial charge in [0.15, 0.2) is 16.7 Å². The first-order chi connectivity index (χ1) is 11.6. The molecule has 1 aliphatic carbocycles. The van der Waals surface area contributed by atoms with Crippen molar-refractivity contribution in [2.45, 2.75) is 44.6 Å². The van der Waals surface area contributed by atoms with Gasteiger partial charge in [0.25, 0.3) is 0 Å². The molecule has 3 nitrogen and oxygen atoms in total. The van der Waals surface area contributed by atoms with Crippen LogP contribution >= 0.6 is 12.2 Å². The van der Waals surface area contributed by atoms with Crippen molar-refractivity contribution in [2.75, 3.05) is 24.5 Å². The SMILES string of the molecule is Fc1ccc(N2CC[C@H](CNC(=S)NC3CCCCC3)C2)cc1F. The maximum Gasteiger partial charge on any atom is 0.166 e. The Morgan fingerprint density at radius 1 is 1.12 bits per heavy atom. The Kier molecular flexibility index (Phi) is 5.87. The lowest BCUT2D eigenvalue weighted by atomic mass is 9.96. The molecular weight excluding hydrogens is 328 g/mol. The number of hydrogen-bond donors (Lipinski definition) is 2. The van der Waals surface area contributed by atoms with Gasteiger partial charge in [0.2, 0.25) is 0 Å². The molecule has 1 heterocycles. The number of thiocarbonyl (C=S) groups is 1. The molecule has 24 heavy (non-hydrogen) atoms. The average Bonchev–Trinajstić information content (AvgIpc) is 3.05. The highest BCUT2D eigenvalue weighted by Crippen LogP contribution is 2.25. The number of anilines is 1. The highest BCUT2D eigenvalue weighted by molar-refractivity contribution is 7.80. The predicted octanol–water partition coefficient (Wildman–Crippen LogP) is 3.59. The molecule has 2 aliphatic rings. The predicted molar refractivity (Wildman–Crippen MR) is 97.3 cm³/mol. The van der Waals surface area contributed by atoms with Gasteiger partial charge in [0.1, 0.15) is 0 Å². The van der Waals surface area contributed by atoms with Gasteiger partial charge in [-0.25, -0.2) is 8.78 Å². The van der Waals surface area contributed by atoms with Gasteiger partial charge >= 0.3 is 0 Å². The Hall–Kier alpha value is -1.43. The molecule has 0 bridgehead atoms. The minimum atomic E-state index is -0.796. The number of benzene rings is 1. The van der Waals surface area contributed by atoms with Gasteiger partial charge in [-0.2, -0.15) is 0 Å². The van der Waals surface area contributed by atoms with Gasteiger partial charge in [0.05, 0.1) is 0 Å². The van der Waals surface area contributed by atoms with E-state index in [1.165, 1.54) is 44.2 Å². The smallest absolute Gasteiger partial charge is 0.166 e. The molecule has 0 unspecified atom stereocenters. The van der Waals surface area contributed by atoms with Crippen molar-refractivity contribution in [3.8, 4) is 0 Å². The summed E-state index contributed by atoms with van der Waals surface area (Å²) in [4.78, 5) is 2.10. The monoisotopic (exact) mass is 353 g/mol. The summed E-state index contributed by atoms with van der Waals surface area (Å²) in [6.07, 6.45) is 7.33. The molecule has 1 saturated carbocycles. The van der Waals surface area contributed by atoms with Crippen LogP contribution in [0.5, 0.6) is 0 Å². The first-order valence-corrected chi connectivity index (χ1v) is 9.27. The molecule has 3 rings (SSSR count). The van der Waals surface area contributed by atoms with Crippen molar-refractivity contribution in [3.05, 3.63) is 29.8 Å². The quantitative estimate of drug-likeness (QED) is 0.809. The Balaban J connectivity index is 1.42. The summed E-state index contributed by atoms with van der Waals surface area (Å²) in [7, 11) is 0. The van der Waals surface area contributed by atoms with Crippen molar-refractivity contribution in [3.63, 3.8) is 0 Å². The van der Waals surface area contributed by atoms with E-state index in [1.54, 1.807) is 6.07 Å². The number of hydrogen-bond acceptors (Lipinski definition) is 2. The second-order valence-electron chi connectivity index (χ2n) is 6.89. The van der Waals surface area contributed by atoms with Gasteiger partial charge in [0, 0.05) is 37.4 Å². The Morgan fingerprint density at radius 2 is 1.92 bits per heavy atom. The average molecular weight is 353 g/mol. The van der Waals surface area contributed by atoms with Crippen LogP contribution in [0, 0.1) is 17.6 Å². The van der Waals surface area contributed by atoms with E-state index in [2.05, 4.69) is 15.5 Å². The summed E-state index contributed by atoms with van der Waals surface area (Å²) in [6.45, 7) is 2.52. The molecule has 0 aromatic heterocycles. The number of nitrogens with zero attached hydrogens (tertiary/aromatic N) is 1. The van der Waals surface area contributed by atoms with Gasteiger partial charge in [-0.3, -0.25) is 0 Å². The molecule has 2 fully saturated rings. The minimum Gasteiger partial charge on any atom is -0.371 e. The zero-order valence-electron chi connectivity index (χ0n) is 13.9. The third kappa shape index (κ3) is 4.56. The van der Waals surface area contributed by atoms with Crippen molar-refractivity contribution < 1.29 is 8.78 Å². The second kappa shape index (κ2) is 8.10. The fourth-order valence-electron chi connectivity index (χ4n) is 3.64. The maximum absolute atomic E-state index is 13.4. The van der Waals surface area contributed by atoms with Crippen LogP contribution in [0.2, 0.25) is 0 Å². The Labute approximate surface area is 147 Å². The molecule has 1 saturated heterocycles. The Bertz CT molecular complexity index is 575. The third-order valence-corrected chi connectivity index (χ3v) is 5.31. The van der Waals surface area contributed by atoms with Crippen molar-refractivity contribution in [2.24, 2.45) is 5.92 Å². The van der Waals surface area contributed by atoms with Crippen LogP contribution in [0.1, 0.15) is 38.5 Å². The highest BCUT2D eigenvalue weighted by Gasteiger charge is 2.23. The molecule has 1 aromatic rings. The van der Waals surface area contributed by atoms with Gasteiger partial charge in [-0.15, -0.1) is 0 Å². The first kappa shape index (κ1) is 17.4. The summed E-state index contributed by atoms with van der Waals surface area (Å²) in [5.41, 5.74) is 0.749. The van der Waals surface area contributed by atoms with Crippen LogP contribution in [0.15, 0.2) is 18.2 Å². The van der Waals surface area contributed by atoms with Gasteiger partial charge in [-0.1, -0.05) is 19.3 Å². The van der Waals surface area contributed by atoms with E-state index in [4.69, 9.17) is 12.2 Å². The van der Waals surface area contributed by atoms with Crippen molar-refractivity contribution in [1.29, 1.82) is 0 Å². The largest absolute Gasteiger partial charge is 0.371 e. The van der Waals surface area contributed by atoms with Crippen molar-refractivity contribution >= 4 is 23.0 Å². The summed E-state index contributed by atoms with van der Waals surface area (Å²) >= 11 is 5.40. The minimum absolute atomic E-state index is 0.462. The van der Waals surface area contributed by atoms with Crippen LogP contribution in [0.25, 0.3) is 0 Å². The van der Waals surface area contributed by atoms with Crippen LogP contribution in [0.3, 0.4) is 0 Å². The van der Waals surface area contributed by atoms with Gasteiger partial charge < -0.3 is 15.5 Å². The molecule has 132 valence electrons. The summed E-state index contributed by atoms with van der Waals surface area (Å²) in [6, 6.07) is 4.63. The normalized spacial score (nSPS) is 21.8. The molecule has 0 spiro atoms. The summed E-state index contributed by atoms with van der Waals surface area (Å²) in [5.74, 6) is -1.12. The lowest BCUT2D eigenvalue weighted by Crippen LogP contribution is -2.44. The zero-order chi connectivity index (χ0) is 16.9. The molecule has 0 amide bonds. The molecule has 1 aliphatic heterocycles. The zero-order valence-corrected chi connectivity index (χ0v) is 14.7. The number of halogens is 2. The Morgan fingerprint density at radius 3 is 2.67 bits per heavy atom. The summed E-state index contributed by atoms with van der Waals surface area (Å²) < 4.78 is 26.4. The van der Waals surface area contributed by atoms with E-state index in [1.807, 2.05) is 0 Å². The fourth-order valence-corrected chi connectivity index (χ4v) is 3.89. The third-order valence-electron chi connectivity index (χ3n) is 5.05. The standard InChI is InChI=1S/C18H25F2N3S/c19-16-7-6-15(10-17(16)20)23-9-8-13(12-23)11-21-18(24)22-14-4-2-1-3-5-14/h6-7,10,13-14H,1-5,8-9,11-12H2,(H2,21,22,24)/t13-/m1/s1. The lowest BCUT2D eigenvalue weighted by molar-refractivity contribution is 0.411. The lowest BCUT2D eigenvalue weighted by Gasteiger charge is -2.25. The number of nitrogens with one attached hydrogen (secondary N) is 2. The summed E-state index contributed by atoms with van der Waals surface area (Å²) in [5, 5.41) is 7.48. The van der Waals surface area contributed by atoms with Gasteiger partial charge in [-0.05, 0) is 49.5 Å². The van der Waals surface area contributed by atoms with Crippen LogP contribution in [-0.2, 0) is 0 Å². The molecule has 0 radical (unpaired) electrons. The molecule has 1 aromatic carbocycles. The first-order valence-electron chi connectivity index (χ1n) is 8.86.